The minimum atomic E-state index is -4.24. The summed E-state index contributed by atoms with van der Waals surface area (Å²) in [6.07, 6.45) is -3.46. The van der Waals surface area contributed by atoms with Crippen molar-refractivity contribution in [3.05, 3.63) is 94.8 Å². The molecular weight excluding hydrogens is 468 g/mol. The average molecular weight is 491 g/mol. The molecule has 0 bridgehead atoms. The Morgan fingerprint density at radius 1 is 1.03 bits per heavy atom. The number of carbonyl (C=O) groups is 2. The van der Waals surface area contributed by atoms with Crippen molar-refractivity contribution in [2.24, 2.45) is 0 Å². The van der Waals surface area contributed by atoms with E-state index in [-0.39, 0.29) is 17.1 Å². The Bertz CT molecular complexity index is 1150. The lowest BCUT2D eigenvalue weighted by atomic mass is 10.1. The van der Waals surface area contributed by atoms with Gasteiger partial charge in [-0.1, -0.05) is 12.1 Å². The lowest BCUT2D eigenvalue weighted by molar-refractivity contribution is -0.137. The summed E-state index contributed by atoms with van der Waals surface area (Å²) >= 11 is 1.52. The van der Waals surface area contributed by atoms with Gasteiger partial charge in [-0.3, -0.25) is 14.5 Å². The molecule has 0 saturated carbocycles. The summed E-state index contributed by atoms with van der Waals surface area (Å²) in [4.78, 5) is 24.9. The summed E-state index contributed by atoms with van der Waals surface area (Å²) in [5.74, 6) is 0.106. The zero-order chi connectivity index (χ0) is 24.9. The number of aryl methyl sites for hydroxylation is 1. The maximum absolute atomic E-state index is 13.1. The Hall–Kier alpha value is -3.33. The van der Waals surface area contributed by atoms with Crippen LogP contribution in [-0.4, -0.2) is 25.0 Å². The number of benzene rings is 3. The molecule has 1 fully saturated rings. The number of carbonyl (C=O) groups excluding carboxylic acids is 2. The first-order valence-electron chi connectivity index (χ1n) is 10.2. The number of aldehydes is 1. The second kappa shape index (κ2) is 10.7. The summed E-state index contributed by atoms with van der Waals surface area (Å²) in [5, 5.41) is 2.57. The number of nitrogens with one attached hydrogen (secondary N) is 1. The molecule has 9 heteroatoms. The van der Waals surface area contributed by atoms with E-state index in [0.717, 1.165) is 35.2 Å². The molecule has 3 aromatic carbocycles. The Labute approximate surface area is 199 Å². The molecule has 4 nitrogen and oxygen atoms in total. The van der Waals surface area contributed by atoms with Gasteiger partial charge in [0.05, 0.1) is 11.3 Å². The number of nitrogens with zero attached hydrogens (tertiary/aromatic N) is 1. The number of amides is 1. The third kappa shape index (κ3) is 5.96. The first-order chi connectivity index (χ1) is 16.1. The van der Waals surface area contributed by atoms with Crippen molar-refractivity contribution < 1.29 is 27.2 Å². The van der Waals surface area contributed by atoms with Crippen LogP contribution in [0.15, 0.2) is 66.7 Å². The predicted octanol–water partition coefficient (Wildman–Crippen LogP) is 6.47. The van der Waals surface area contributed by atoms with Crippen molar-refractivity contribution in [2.45, 2.75) is 18.5 Å². The zero-order valence-corrected chi connectivity index (χ0v) is 19.2. The summed E-state index contributed by atoms with van der Waals surface area (Å²) in [6, 6.07) is 16.3. The number of anilines is 2. The molecule has 34 heavy (non-hydrogen) atoms. The average Bonchev–Trinajstić information content (AvgIpc) is 3.20. The van der Waals surface area contributed by atoms with E-state index in [4.69, 9.17) is 0 Å². The van der Waals surface area contributed by atoms with Gasteiger partial charge in [0, 0.05) is 24.0 Å². The van der Waals surface area contributed by atoms with Crippen LogP contribution in [0.2, 0.25) is 0 Å². The lowest BCUT2D eigenvalue weighted by Crippen LogP contribution is -2.28. The molecule has 0 aromatic heterocycles. The molecular formula is C25H22F4N2O2S. The highest BCUT2D eigenvalue weighted by Crippen LogP contribution is 2.42. The van der Waals surface area contributed by atoms with Crippen LogP contribution in [0.4, 0.5) is 28.9 Å². The van der Waals surface area contributed by atoms with Crippen LogP contribution in [0, 0.1) is 12.7 Å². The zero-order valence-electron chi connectivity index (χ0n) is 18.4. The quantitative estimate of drug-likeness (QED) is 0.336. The molecule has 0 spiro atoms. The SMILES string of the molecule is CNc1ccc(C(F)(F)F)cc1.Cc1cc(C=O)ccc1N1C(=O)CSC1c1ccc(F)cc1. The van der Waals surface area contributed by atoms with Gasteiger partial charge in [-0.05, 0) is 72.6 Å². The fourth-order valence-electron chi connectivity index (χ4n) is 3.41. The molecule has 1 aliphatic rings. The third-order valence-electron chi connectivity index (χ3n) is 5.14. The first-order valence-corrected chi connectivity index (χ1v) is 11.3. The molecule has 0 aliphatic carbocycles. The molecule has 1 saturated heterocycles. The van der Waals surface area contributed by atoms with E-state index in [1.165, 1.54) is 36.0 Å². The first kappa shape index (κ1) is 25.3. The van der Waals surface area contributed by atoms with Crippen LogP contribution in [0.25, 0.3) is 0 Å². The molecule has 0 radical (unpaired) electrons. The normalized spacial score (nSPS) is 15.5. The molecule has 1 N–H and O–H groups in total. The minimum Gasteiger partial charge on any atom is -0.388 e. The molecule has 1 amide bonds. The van der Waals surface area contributed by atoms with Gasteiger partial charge >= 0.3 is 6.18 Å². The largest absolute Gasteiger partial charge is 0.416 e. The Morgan fingerprint density at radius 2 is 1.68 bits per heavy atom. The molecule has 1 aliphatic heterocycles. The van der Waals surface area contributed by atoms with E-state index in [2.05, 4.69) is 5.32 Å². The summed E-state index contributed by atoms with van der Waals surface area (Å²) in [7, 11) is 1.66. The number of hydrogen-bond donors (Lipinski definition) is 1. The molecule has 4 rings (SSSR count). The summed E-state index contributed by atoms with van der Waals surface area (Å²) in [5.41, 5.74) is 3.17. The van der Waals surface area contributed by atoms with E-state index >= 15 is 0 Å². The van der Waals surface area contributed by atoms with Crippen LogP contribution in [0.1, 0.15) is 32.4 Å². The molecule has 3 aromatic rings. The highest BCUT2D eigenvalue weighted by molar-refractivity contribution is 8.00. The third-order valence-corrected chi connectivity index (χ3v) is 6.35. The smallest absolute Gasteiger partial charge is 0.388 e. The number of alkyl halides is 3. The highest BCUT2D eigenvalue weighted by atomic mass is 32.2. The monoisotopic (exact) mass is 490 g/mol. The predicted molar refractivity (Wildman–Crippen MR) is 127 cm³/mol. The van der Waals surface area contributed by atoms with Gasteiger partial charge < -0.3 is 5.32 Å². The topological polar surface area (TPSA) is 49.4 Å². The Kier molecular flexibility index (Phi) is 7.98. The Morgan fingerprint density at radius 3 is 2.21 bits per heavy atom. The van der Waals surface area contributed by atoms with E-state index < -0.39 is 11.7 Å². The fraction of sp³-hybridized carbons (Fsp3) is 0.200. The van der Waals surface area contributed by atoms with Gasteiger partial charge in [0.2, 0.25) is 5.91 Å². The second-order valence-corrected chi connectivity index (χ2v) is 8.54. The van der Waals surface area contributed by atoms with Gasteiger partial charge in [-0.2, -0.15) is 13.2 Å². The van der Waals surface area contributed by atoms with Crippen LogP contribution in [0.5, 0.6) is 0 Å². The van der Waals surface area contributed by atoms with E-state index in [9.17, 15) is 27.2 Å². The van der Waals surface area contributed by atoms with Crippen molar-refractivity contribution in [1.29, 1.82) is 0 Å². The van der Waals surface area contributed by atoms with Gasteiger partial charge in [0.15, 0.2) is 0 Å². The standard InChI is InChI=1S/C17H14FNO2S.C8H8F3N/c1-11-8-12(9-20)2-7-15(11)19-16(21)10-22-17(19)13-3-5-14(18)6-4-13;1-12-7-4-2-6(3-5-7)8(9,10)11/h2-9,17H,10H2,1H3;2-5,12H,1H3. The fourth-order valence-corrected chi connectivity index (χ4v) is 4.58. The van der Waals surface area contributed by atoms with Gasteiger partial charge in [0.1, 0.15) is 17.5 Å². The number of halogens is 4. The number of hydrogen-bond acceptors (Lipinski definition) is 4. The molecule has 1 atom stereocenters. The Balaban J connectivity index is 0.000000229. The van der Waals surface area contributed by atoms with Crippen molar-refractivity contribution >= 4 is 35.3 Å². The minimum absolute atomic E-state index is 0.0151. The van der Waals surface area contributed by atoms with Gasteiger partial charge in [-0.25, -0.2) is 4.39 Å². The highest BCUT2D eigenvalue weighted by Gasteiger charge is 2.34. The van der Waals surface area contributed by atoms with Crippen molar-refractivity contribution in [3.63, 3.8) is 0 Å². The van der Waals surface area contributed by atoms with Gasteiger partial charge in [-0.15, -0.1) is 11.8 Å². The van der Waals surface area contributed by atoms with Gasteiger partial charge in [0.25, 0.3) is 0 Å². The van der Waals surface area contributed by atoms with Crippen LogP contribution >= 0.6 is 11.8 Å². The molecule has 1 unspecified atom stereocenters. The molecule has 178 valence electrons. The van der Waals surface area contributed by atoms with Crippen molar-refractivity contribution in [1.82, 2.24) is 0 Å². The molecule has 1 heterocycles. The maximum atomic E-state index is 13.1. The van der Waals surface area contributed by atoms with Crippen LogP contribution in [0.3, 0.4) is 0 Å². The van der Waals surface area contributed by atoms with E-state index in [0.29, 0.717) is 17.0 Å². The van der Waals surface area contributed by atoms with Crippen LogP contribution in [-0.2, 0) is 11.0 Å². The number of rotatable bonds is 4. The second-order valence-electron chi connectivity index (χ2n) is 7.47. The van der Waals surface area contributed by atoms with Crippen LogP contribution < -0.4 is 10.2 Å². The van der Waals surface area contributed by atoms with E-state index in [1.807, 2.05) is 6.92 Å². The maximum Gasteiger partial charge on any atom is 0.416 e. The lowest BCUT2D eigenvalue weighted by Gasteiger charge is -2.26. The summed E-state index contributed by atoms with van der Waals surface area (Å²) in [6.45, 7) is 1.88. The summed E-state index contributed by atoms with van der Waals surface area (Å²) < 4.78 is 49.1. The van der Waals surface area contributed by atoms with E-state index in [1.54, 1.807) is 42.3 Å². The van der Waals surface area contributed by atoms with Crippen molar-refractivity contribution in [3.8, 4) is 0 Å². The van der Waals surface area contributed by atoms with Crippen molar-refractivity contribution in [2.75, 3.05) is 23.0 Å². The number of thioether (sulfide) groups is 1.